The third kappa shape index (κ3) is 5.12. The van der Waals surface area contributed by atoms with Gasteiger partial charge in [0.05, 0.1) is 4.90 Å². The number of nitrogens with one attached hydrogen (secondary N) is 1. The van der Waals surface area contributed by atoms with E-state index in [-0.39, 0.29) is 9.80 Å². The Kier molecular flexibility index (Phi) is 6.99. The van der Waals surface area contributed by atoms with Gasteiger partial charge in [0.15, 0.2) is 4.91 Å². The second-order valence-electron chi connectivity index (χ2n) is 6.80. The van der Waals surface area contributed by atoms with Gasteiger partial charge >= 0.3 is 0 Å². The van der Waals surface area contributed by atoms with Crippen molar-refractivity contribution >= 4 is 27.3 Å². The number of thioether (sulfide) groups is 1. The van der Waals surface area contributed by atoms with Crippen molar-refractivity contribution < 1.29 is 8.42 Å². The lowest BCUT2D eigenvalue weighted by molar-refractivity contribution is 0.603. The monoisotopic (exact) mass is 434 g/mol. The van der Waals surface area contributed by atoms with Crippen LogP contribution >= 0.6 is 11.8 Å². The normalized spacial score (nSPS) is 12.0. The van der Waals surface area contributed by atoms with E-state index in [0.717, 1.165) is 22.4 Å². The molecule has 3 rings (SSSR count). The van der Waals surface area contributed by atoms with E-state index in [1.165, 1.54) is 23.9 Å². The number of sulfone groups is 1. The van der Waals surface area contributed by atoms with Crippen molar-refractivity contribution in [1.82, 2.24) is 0 Å². The Bertz CT molecular complexity index is 1210. The Morgan fingerprint density at radius 2 is 1.67 bits per heavy atom. The maximum atomic E-state index is 13.2. The van der Waals surface area contributed by atoms with Gasteiger partial charge in [0.2, 0.25) is 9.84 Å². The highest BCUT2D eigenvalue weighted by Gasteiger charge is 2.25. The molecule has 0 saturated carbocycles. The lowest BCUT2D eigenvalue weighted by Crippen LogP contribution is -2.10. The molecular weight excluding hydrogens is 412 g/mol. The molecule has 0 unspecified atom stereocenters. The smallest absolute Gasteiger partial charge is 0.219 e. The van der Waals surface area contributed by atoms with Crippen LogP contribution in [0.2, 0.25) is 0 Å². The van der Waals surface area contributed by atoms with E-state index in [4.69, 9.17) is 0 Å². The third-order valence-electron chi connectivity index (χ3n) is 4.54. The molecule has 0 aliphatic rings. The van der Waals surface area contributed by atoms with E-state index in [2.05, 4.69) is 5.32 Å². The summed E-state index contributed by atoms with van der Waals surface area (Å²) in [6.07, 6.45) is 0. The Labute approximate surface area is 182 Å². The molecule has 0 bridgehead atoms. The lowest BCUT2D eigenvalue weighted by atomic mass is 10.1. The van der Waals surface area contributed by atoms with Crippen molar-refractivity contribution in [2.75, 3.05) is 5.32 Å². The molecule has 0 atom stereocenters. The first kappa shape index (κ1) is 21.7. The summed E-state index contributed by atoms with van der Waals surface area (Å²) in [7, 11) is -3.96. The first-order chi connectivity index (χ1) is 14.4. The van der Waals surface area contributed by atoms with E-state index in [0.29, 0.717) is 10.8 Å². The highest BCUT2D eigenvalue weighted by molar-refractivity contribution is 8.04. The first-order valence-electron chi connectivity index (χ1n) is 9.37. The molecule has 3 aromatic rings. The summed E-state index contributed by atoms with van der Waals surface area (Å²) in [5.74, 6) is 0.538. The van der Waals surface area contributed by atoms with Crippen molar-refractivity contribution in [3.63, 3.8) is 0 Å². The van der Waals surface area contributed by atoms with Crippen molar-refractivity contribution in [2.24, 2.45) is 0 Å². The van der Waals surface area contributed by atoms with E-state index < -0.39 is 9.84 Å². The van der Waals surface area contributed by atoms with Gasteiger partial charge in [-0.05, 0) is 54.8 Å². The van der Waals surface area contributed by atoms with Crippen LogP contribution in [0.3, 0.4) is 0 Å². The Hall–Kier alpha value is -3.01. The average molecular weight is 435 g/mol. The SMILES string of the molecule is Cc1cccc(N/C(SCc2ccccc2C)=C(/C#N)S(=O)(=O)c2ccccc2)c1. The summed E-state index contributed by atoms with van der Waals surface area (Å²) in [5.41, 5.74) is 3.97. The summed E-state index contributed by atoms with van der Waals surface area (Å²) < 4.78 is 26.4. The van der Waals surface area contributed by atoms with Gasteiger partial charge in [-0.2, -0.15) is 5.26 Å². The molecule has 0 radical (unpaired) electrons. The van der Waals surface area contributed by atoms with Gasteiger partial charge in [0, 0.05) is 11.4 Å². The molecule has 152 valence electrons. The molecule has 1 N–H and O–H groups in total. The fourth-order valence-electron chi connectivity index (χ4n) is 2.88. The minimum absolute atomic E-state index is 0.0987. The van der Waals surface area contributed by atoms with Crippen molar-refractivity contribution in [1.29, 1.82) is 5.26 Å². The van der Waals surface area contributed by atoms with Gasteiger partial charge in [0.25, 0.3) is 0 Å². The van der Waals surface area contributed by atoms with Crippen LogP contribution in [0, 0.1) is 25.2 Å². The second kappa shape index (κ2) is 9.66. The molecule has 30 heavy (non-hydrogen) atoms. The molecule has 0 spiro atoms. The van der Waals surface area contributed by atoms with Crippen LogP contribution in [0.1, 0.15) is 16.7 Å². The van der Waals surface area contributed by atoms with Crippen LogP contribution in [0.5, 0.6) is 0 Å². The van der Waals surface area contributed by atoms with E-state index in [9.17, 15) is 13.7 Å². The lowest BCUT2D eigenvalue weighted by Gasteiger charge is -2.15. The number of nitriles is 1. The van der Waals surface area contributed by atoms with Gasteiger partial charge in [0.1, 0.15) is 11.1 Å². The standard InChI is InChI=1S/C24H22N2O2S2/c1-18-9-8-12-21(15-18)26-24(29-17-20-11-7-6-10-19(20)2)23(16-25)30(27,28)22-13-4-3-5-14-22/h3-15,26H,17H2,1-2H3/b24-23+. The van der Waals surface area contributed by atoms with Gasteiger partial charge in [-0.25, -0.2) is 8.42 Å². The van der Waals surface area contributed by atoms with Gasteiger partial charge < -0.3 is 5.32 Å². The van der Waals surface area contributed by atoms with Crippen LogP contribution < -0.4 is 5.32 Å². The molecule has 3 aromatic carbocycles. The fraction of sp³-hybridized carbons (Fsp3) is 0.125. The van der Waals surface area contributed by atoms with E-state index in [1.807, 2.05) is 68.4 Å². The zero-order valence-electron chi connectivity index (χ0n) is 16.8. The first-order valence-corrected chi connectivity index (χ1v) is 11.8. The Morgan fingerprint density at radius 3 is 2.33 bits per heavy atom. The van der Waals surface area contributed by atoms with Crippen LogP contribution in [0.4, 0.5) is 5.69 Å². The number of benzene rings is 3. The number of nitrogens with zero attached hydrogens (tertiary/aromatic N) is 1. The summed E-state index contributed by atoms with van der Waals surface area (Å²) in [6.45, 7) is 3.97. The number of hydrogen-bond donors (Lipinski definition) is 1. The molecule has 0 fully saturated rings. The van der Waals surface area contributed by atoms with Crippen LogP contribution in [-0.2, 0) is 15.6 Å². The number of rotatable bonds is 7. The maximum absolute atomic E-state index is 13.2. The van der Waals surface area contributed by atoms with Crippen molar-refractivity contribution in [3.05, 3.63) is 105 Å². The largest absolute Gasteiger partial charge is 0.349 e. The molecule has 6 heteroatoms. The van der Waals surface area contributed by atoms with Gasteiger partial charge in [-0.3, -0.25) is 0 Å². The van der Waals surface area contributed by atoms with Crippen molar-refractivity contribution in [3.8, 4) is 6.07 Å². The van der Waals surface area contributed by atoms with Crippen LogP contribution in [0.25, 0.3) is 0 Å². The molecule has 0 amide bonds. The molecule has 0 saturated heterocycles. The summed E-state index contributed by atoms with van der Waals surface area (Å²) in [4.78, 5) is -0.185. The average Bonchev–Trinajstić information content (AvgIpc) is 2.74. The molecule has 0 aromatic heterocycles. The molecule has 0 heterocycles. The van der Waals surface area contributed by atoms with Crippen LogP contribution in [-0.4, -0.2) is 8.42 Å². The third-order valence-corrected chi connectivity index (χ3v) is 7.44. The number of allylic oxidation sites excluding steroid dienone is 1. The molecular formula is C24H22N2O2S2. The fourth-order valence-corrected chi connectivity index (χ4v) is 5.55. The minimum atomic E-state index is -3.96. The topological polar surface area (TPSA) is 70.0 Å². The van der Waals surface area contributed by atoms with Gasteiger partial charge in [-0.1, -0.05) is 54.6 Å². The Morgan fingerprint density at radius 1 is 0.967 bits per heavy atom. The Balaban J connectivity index is 2.06. The quantitative estimate of drug-likeness (QED) is 0.475. The number of aryl methyl sites for hydroxylation is 2. The molecule has 4 nitrogen and oxygen atoms in total. The zero-order chi connectivity index (χ0) is 21.6. The second-order valence-corrected chi connectivity index (χ2v) is 9.67. The zero-order valence-corrected chi connectivity index (χ0v) is 18.4. The number of anilines is 1. The summed E-state index contributed by atoms with van der Waals surface area (Å²) in [6, 6.07) is 25.5. The predicted octanol–water partition coefficient (Wildman–Crippen LogP) is 5.82. The molecule has 0 aliphatic heterocycles. The summed E-state index contributed by atoms with van der Waals surface area (Å²) in [5, 5.41) is 13.3. The highest BCUT2D eigenvalue weighted by Crippen LogP contribution is 2.32. The molecule has 0 aliphatic carbocycles. The van der Waals surface area contributed by atoms with Crippen molar-refractivity contribution in [2.45, 2.75) is 24.5 Å². The summed E-state index contributed by atoms with van der Waals surface area (Å²) >= 11 is 1.31. The van der Waals surface area contributed by atoms with E-state index >= 15 is 0 Å². The van der Waals surface area contributed by atoms with E-state index in [1.54, 1.807) is 18.2 Å². The predicted molar refractivity (Wildman–Crippen MR) is 124 cm³/mol. The maximum Gasteiger partial charge on any atom is 0.219 e. The van der Waals surface area contributed by atoms with Gasteiger partial charge in [-0.15, -0.1) is 11.8 Å². The number of hydrogen-bond acceptors (Lipinski definition) is 5. The minimum Gasteiger partial charge on any atom is -0.349 e. The highest BCUT2D eigenvalue weighted by atomic mass is 32.2. The van der Waals surface area contributed by atoms with Crippen LogP contribution in [0.15, 0.2) is 93.7 Å².